The summed E-state index contributed by atoms with van der Waals surface area (Å²) in [4.78, 5) is 13.0. The second kappa shape index (κ2) is 8.53. The molecule has 0 spiro atoms. The van der Waals surface area contributed by atoms with Crippen LogP contribution in [0.2, 0.25) is 0 Å². The smallest absolute Gasteiger partial charge is 0.344 e. The molecule has 1 aromatic carbocycles. The summed E-state index contributed by atoms with van der Waals surface area (Å²) in [6, 6.07) is 9.27. The normalized spacial score (nSPS) is 12.2. The van der Waals surface area contributed by atoms with Crippen molar-refractivity contribution < 1.29 is 19.2 Å². The van der Waals surface area contributed by atoms with E-state index < -0.39 is 0 Å². The first kappa shape index (κ1) is 15.5. The minimum Gasteiger partial charge on any atom is -0.482 e. The summed E-state index contributed by atoms with van der Waals surface area (Å²) >= 11 is 0. The minimum absolute atomic E-state index is 0.0397. The summed E-state index contributed by atoms with van der Waals surface area (Å²) in [5.74, 6) is 0.365. The van der Waals surface area contributed by atoms with Crippen molar-refractivity contribution in [2.45, 2.75) is 26.9 Å². The molecule has 1 aromatic rings. The van der Waals surface area contributed by atoms with E-state index in [1.54, 1.807) is 0 Å². The second-order valence-corrected chi connectivity index (χ2v) is 4.56. The molecule has 0 heterocycles. The van der Waals surface area contributed by atoms with Crippen molar-refractivity contribution in [1.29, 1.82) is 0 Å². The van der Waals surface area contributed by atoms with E-state index in [9.17, 15) is 4.79 Å². The van der Waals surface area contributed by atoms with Crippen LogP contribution in [0, 0.1) is 0 Å². The Hall–Kier alpha value is -1.55. The first-order valence-corrected chi connectivity index (χ1v) is 6.86. The van der Waals surface area contributed by atoms with E-state index in [0.717, 1.165) is 19.6 Å². The Bertz CT molecular complexity index is 363. The van der Waals surface area contributed by atoms with Crippen LogP contribution in [0.3, 0.4) is 0 Å². The number of likely N-dealkylation sites (N-methyl/N-ethyl adjacent to an activating group) is 1. The molecule has 0 saturated carbocycles. The minimum atomic E-state index is -0.317. The maximum Gasteiger partial charge on any atom is 0.344 e. The molecule has 4 heteroatoms. The standard InChI is InChI=1S/C15H23NO3/c1-4-16(5-2)11-13(3)19-15(17)12-18-14-9-7-6-8-10-14/h6-10,13H,4-5,11-12H2,1-3H3/p+1/t13-/m0/s1. The molecule has 0 radical (unpaired) electrons. The summed E-state index contributed by atoms with van der Waals surface area (Å²) in [5, 5.41) is 0. The molecule has 0 unspecified atom stereocenters. The molecule has 0 aliphatic heterocycles. The number of ether oxygens (including phenoxy) is 2. The molecule has 1 N–H and O–H groups in total. The van der Waals surface area contributed by atoms with Gasteiger partial charge in [-0.2, -0.15) is 0 Å². The summed E-state index contributed by atoms with van der Waals surface area (Å²) in [6.07, 6.45) is -0.0817. The molecule has 0 saturated heterocycles. The van der Waals surface area contributed by atoms with Gasteiger partial charge in [-0.3, -0.25) is 0 Å². The van der Waals surface area contributed by atoms with Crippen LogP contribution in [-0.2, 0) is 9.53 Å². The molecular weight excluding hydrogens is 242 g/mol. The van der Waals surface area contributed by atoms with Gasteiger partial charge in [0.15, 0.2) is 6.61 Å². The third-order valence-electron chi connectivity index (χ3n) is 3.01. The van der Waals surface area contributed by atoms with E-state index in [4.69, 9.17) is 9.47 Å². The van der Waals surface area contributed by atoms with Gasteiger partial charge in [-0.05, 0) is 32.9 Å². The number of quaternary nitrogens is 1. The van der Waals surface area contributed by atoms with Gasteiger partial charge >= 0.3 is 5.97 Å². The SMILES string of the molecule is CC[NH+](CC)C[C@H](C)OC(=O)COc1ccccc1. The van der Waals surface area contributed by atoms with E-state index in [2.05, 4.69) is 13.8 Å². The fourth-order valence-electron chi connectivity index (χ4n) is 1.90. The lowest BCUT2D eigenvalue weighted by Gasteiger charge is -2.20. The van der Waals surface area contributed by atoms with E-state index in [-0.39, 0.29) is 18.7 Å². The predicted octanol–water partition coefficient (Wildman–Crippen LogP) is 0.922. The van der Waals surface area contributed by atoms with Crippen molar-refractivity contribution in [1.82, 2.24) is 0 Å². The van der Waals surface area contributed by atoms with E-state index in [1.165, 1.54) is 4.90 Å². The number of nitrogens with one attached hydrogen (secondary N) is 1. The third-order valence-corrected chi connectivity index (χ3v) is 3.01. The Morgan fingerprint density at radius 3 is 2.42 bits per heavy atom. The molecule has 1 atom stereocenters. The quantitative estimate of drug-likeness (QED) is 0.711. The van der Waals surface area contributed by atoms with Gasteiger partial charge in [0.25, 0.3) is 0 Å². The molecule has 0 amide bonds. The molecule has 4 nitrogen and oxygen atoms in total. The number of carbonyl (C=O) groups excluding carboxylic acids is 1. The summed E-state index contributed by atoms with van der Waals surface area (Å²) in [7, 11) is 0. The van der Waals surface area contributed by atoms with E-state index in [0.29, 0.717) is 5.75 Å². The van der Waals surface area contributed by atoms with Crippen molar-refractivity contribution in [3.8, 4) is 5.75 Å². The van der Waals surface area contributed by atoms with Crippen LogP contribution in [-0.4, -0.2) is 38.3 Å². The summed E-state index contributed by atoms with van der Waals surface area (Å²) in [5.41, 5.74) is 0. The van der Waals surface area contributed by atoms with Gasteiger partial charge in [0, 0.05) is 0 Å². The van der Waals surface area contributed by atoms with Crippen LogP contribution >= 0.6 is 0 Å². The van der Waals surface area contributed by atoms with Gasteiger partial charge in [-0.25, -0.2) is 4.79 Å². The Morgan fingerprint density at radius 2 is 1.84 bits per heavy atom. The van der Waals surface area contributed by atoms with Crippen LogP contribution in [0.1, 0.15) is 20.8 Å². The Balaban J connectivity index is 2.27. The Labute approximate surface area is 115 Å². The summed E-state index contributed by atoms with van der Waals surface area (Å²) in [6.45, 7) is 9.06. The average Bonchev–Trinajstić information content (AvgIpc) is 2.43. The molecule has 19 heavy (non-hydrogen) atoms. The van der Waals surface area contributed by atoms with Gasteiger partial charge in [0.1, 0.15) is 18.4 Å². The first-order valence-electron chi connectivity index (χ1n) is 6.86. The number of benzene rings is 1. The second-order valence-electron chi connectivity index (χ2n) is 4.56. The molecule has 0 aromatic heterocycles. The summed E-state index contributed by atoms with van der Waals surface area (Å²) < 4.78 is 10.7. The molecule has 106 valence electrons. The van der Waals surface area contributed by atoms with Gasteiger partial charge < -0.3 is 14.4 Å². The van der Waals surface area contributed by atoms with Crippen LogP contribution in [0.15, 0.2) is 30.3 Å². The molecule has 1 rings (SSSR count). The van der Waals surface area contributed by atoms with Crippen molar-refractivity contribution >= 4 is 5.97 Å². The van der Waals surface area contributed by atoms with Crippen molar-refractivity contribution in [3.63, 3.8) is 0 Å². The highest BCUT2D eigenvalue weighted by atomic mass is 16.6. The topological polar surface area (TPSA) is 40.0 Å². The van der Waals surface area contributed by atoms with Gasteiger partial charge in [0.05, 0.1) is 13.1 Å². The van der Waals surface area contributed by atoms with Crippen LogP contribution in [0.4, 0.5) is 0 Å². The van der Waals surface area contributed by atoms with Crippen molar-refractivity contribution in [2.75, 3.05) is 26.2 Å². The zero-order valence-corrected chi connectivity index (χ0v) is 12.0. The highest BCUT2D eigenvalue weighted by Crippen LogP contribution is 2.08. The zero-order valence-electron chi connectivity index (χ0n) is 12.0. The lowest BCUT2D eigenvalue weighted by atomic mass is 10.3. The lowest BCUT2D eigenvalue weighted by Crippen LogP contribution is -3.12. The third kappa shape index (κ3) is 6.25. The van der Waals surface area contributed by atoms with Crippen LogP contribution < -0.4 is 9.64 Å². The first-order chi connectivity index (χ1) is 9.15. The molecule has 0 bridgehead atoms. The van der Waals surface area contributed by atoms with Crippen LogP contribution in [0.5, 0.6) is 5.75 Å². The number of carbonyl (C=O) groups is 1. The fraction of sp³-hybridized carbons (Fsp3) is 0.533. The number of hydrogen-bond donors (Lipinski definition) is 1. The maximum atomic E-state index is 11.6. The zero-order chi connectivity index (χ0) is 14.1. The fourth-order valence-corrected chi connectivity index (χ4v) is 1.90. The molecule has 0 aliphatic rings. The van der Waals surface area contributed by atoms with E-state index in [1.807, 2.05) is 37.3 Å². The number of para-hydroxylation sites is 1. The molecular formula is C15H24NO3+. The number of rotatable bonds is 8. The highest BCUT2D eigenvalue weighted by molar-refractivity contribution is 5.71. The largest absolute Gasteiger partial charge is 0.482 e. The van der Waals surface area contributed by atoms with Crippen molar-refractivity contribution in [2.24, 2.45) is 0 Å². The van der Waals surface area contributed by atoms with Gasteiger partial charge in [-0.15, -0.1) is 0 Å². The van der Waals surface area contributed by atoms with E-state index >= 15 is 0 Å². The highest BCUT2D eigenvalue weighted by Gasteiger charge is 2.15. The number of esters is 1. The monoisotopic (exact) mass is 266 g/mol. The Kier molecular flexibility index (Phi) is 6.97. The average molecular weight is 266 g/mol. The van der Waals surface area contributed by atoms with Crippen LogP contribution in [0.25, 0.3) is 0 Å². The van der Waals surface area contributed by atoms with Gasteiger partial charge in [0.2, 0.25) is 0 Å². The molecule has 0 aliphatic carbocycles. The predicted molar refractivity (Wildman–Crippen MR) is 74.4 cm³/mol. The Morgan fingerprint density at radius 1 is 1.21 bits per heavy atom. The number of hydrogen-bond acceptors (Lipinski definition) is 3. The lowest BCUT2D eigenvalue weighted by molar-refractivity contribution is -0.899. The van der Waals surface area contributed by atoms with Gasteiger partial charge in [-0.1, -0.05) is 18.2 Å². The maximum absolute atomic E-state index is 11.6. The molecule has 0 fully saturated rings. The van der Waals surface area contributed by atoms with Crippen molar-refractivity contribution in [3.05, 3.63) is 30.3 Å².